The number of hydrogen-bond acceptors (Lipinski definition) is 2. The van der Waals surface area contributed by atoms with Crippen molar-refractivity contribution in [2.24, 2.45) is 5.92 Å². The van der Waals surface area contributed by atoms with Crippen LogP contribution in [0.2, 0.25) is 0 Å². The highest BCUT2D eigenvalue weighted by Crippen LogP contribution is 2.42. The smallest absolute Gasteiger partial charge is 0.126 e. The quantitative estimate of drug-likeness (QED) is 0.884. The van der Waals surface area contributed by atoms with E-state index in [-0.39, 0.29) is 17.9 Å². The first-order valence-corrected chi connectivity index (χ1v) is 7.58. The summed E-state index contributed by atoms with van der Waals surface area (Å²) in [4.78, 5) is 4.41. The average Bonchev–Trinajstić information content (AvgIpc) is 3.33. The maximum Gasteiger partial charge on any atom is 0.126 e. The van der Waals surface area contributed by atoms with Gasteiger partial charge >= 0.3 is 0 Å². The van der Waals surface area contributed by atoms with Crippen LogP contribution in [0, 0.1) is 18.7 Å². The van der Waals surface area contributed by atoms with Crippen LogP contribution in [0.1, 0.15) is 48.7 Å². The molecule has 1 aliphatic rings. The number of aryl methyl sites for hydroxylation is 1. The lowest BCUT2D eigenvalue weighted by Gasteiger charge is -2.24. The minimum absolute atomic E-state index is 0.133. The first-order valence-electron chi connectivity index (χ1n) is 7.58. The van der Waals surface area contributed by atoms with Gasteiger partial charge in [0.2, 0.25) is 0 Å². The predicted octanol–water partition coefficient (Wildman–Crippen LogP) is 4.33. The van der Waals surface area contributed by atoms with Gasteiger partial charge in [-0.3, -0.25) is 4.98 Å². The Balaban J connectivity index is 1.80. The minimum Gasteiger partial charge on any atom is -0.302 e. The van der Waals surface area contributed by atoms with Crippen molar-refractivity contribution in [3.63, 3.8) is 0 Å². The highest BCUT2D eigenvalue weighted by atomic mass is 19.1. The van der Waals surface area contributed by atoms with Crippen LogP contribution in [-0.2, 0) is 0 Å². The summed E-state index contributed by atoms with van der Waals surface area (Å²) in [5.74, 6) is 0.520. The summed E-state index contributed by atoms with van der Waals surface area (Å²) in [5.41, 5.74) is 2.94. The fourth-order valence-corrected chi connectivity index (χ4v) is 2.78. The van der Waals surface area contributed by atoms with Crippen molar-refractivity contribution in [3.8, 4) is 0 Å². The fourth-order valence-electron chi connectivity index (χ4n) is 2.78. The van der Waals surface area contributed by atoms with E-state index in [2.05, 4.69) is 17.2 Å². The maximum atomic E-state index is 13.5. The second kappa shape index (κ2) is 5.94. The molecule has 1 fully saturated rings. The first-order chi connectivity index (χ1) is 10.1. The van der Waals surface area contributed by atoms with E-state index in [0.29, 0.717) is 11.5 Å². The van der Waals surface area contributed by atoms with Gasteiger partial charge in [0.05, 0.1) is 5.69 Å². The monoisotopic (exact) mass is 284 g/mol. The fraction of sp³-hybridized carbons (Fsp3) is 0.389. The van der Waals surface area contributed by atoms with Crippen molar-refractivity contribution >= 4 is 0 Å². The number of nitrogens with zero attached hydrogens (tertiary/aromatic N) is 1. The van der Waals surface area contributed by atoms with E-state index in [1.54, 1.807) is 6.07 Å². The van der Waals surface area contributed by atoms with Crippen LogP contribution in [0.3, 0.4) is 0 Å². The molecule has 0 radical (unpaired) electrons. The summed E-state index contributed by atoms with van der Waals surface area (Å²) in [7, 11) is 0. The van der Waals surface area contributed by atoms with Crippen LogP contribution in [0.15, 0.2) is 42.6 Å². The number of hydrogen-bond donors (Lipinski definition) is 1. The van der Waals surface area contributed by atoms with E-state index >= 15 is 0 Å². The van der Waals surface area contributed by atoms with Crippen molar-refractivity contribution in [2.75, 3.05) is 0 Å². The van der Waals surface area contributed by atoms with E-state index in [4.69, 9.17) is 0 Å². The van der Waals surface area contributed by atoms with Gasteiger partial charge in [-0.1, -0.05) is 18.2 Å². The number of pyridine rings is 1. The van der Waals surface area contributed by atoms with Gasteiger partial charge in [0.25, 0.3) is 0 Å². The van der Waals surface area contributed by atoms with Crippen molar-refractivity contribution in [1.82, 2.24) is 10.3 Å². The molecule has 1 saturated carbocycles. The molecule has 1 aromatic carbocycles. The van der Waals surface area contributed by atoms with E-state index in [1.807, 2.05) is 43.5 Å². The summed E-state index contributed by atoms with van der Waals surface area (Å²) in [5, 5.41) is 3.67. The summed E-state index contributed by atoms with van der Waals surface area (Å²) in [6.45, 7) is 3.96. The molecule has 21 heavy (non-hydrogen) atoms. The van der Waals surface area contributed by atoms with Crippen LogP contribution in [0.4, 0.5) is 4.39 Å². The number of benzene rings is 1. The molecule has 1 aromatic heterocycles. The highest BCUT2D eigenvalue weighted by molar-refractivity contribution is 5.28. The Morgan fingerprint density at radius 2 is 2.05 bits per heavy atom. The molecule has 0 saturated heterocycles. The van der Waals surface area contributed by atoms with Gasteiger partial charge in [-0.25, -0.2) is 4.39 Å². The number of rotatable bonds is 5. The zero-order valence-corrected chi connectivity index (χ0v) is 12.5. The maximum absolute atomic E-state index is 13.5. The van der Waals surface area contributed by atoms with Gasteiger partial charge in [0, 0.05) is 18.3 Å². The minimum atomic E-state index is -0.133. The molecule has 3 heteroatoms. The predicted molar refractivity (Wildman–Crippen MR) is 82.4 cm³/mol. The normalized spacial score (nSPS) is 17.5. The Labute approximate surface area is 125 Å². The molecule has 1 aliphatic carbocycles. The molecule has 0 bridgehead atoms. The molecule has 110 valence electrons. The van der Waals surface area contributed by atoms with Crippen molar-refractivity contribution in [3.05, 3.63) is 65.2 Å². The van der Waals surface area contributed by atoms with Gasteiger partial charge in [-0.05, 0) is 61.9 Å². The van der Waals surface area contributed by atoms with Crippen LogP contribution in [0.5, 0.6) is 0 Å². The Bertz CT molecular complexity index is 608. The third kappa shape index (κ3) is 3.30. The summed E-state index contributed by atoms with van der Waals surface area (Å²) in [6, 6.07) is 11.9. The van der Waals surface area contributed by atoms with Crippen LogP contribution < -0.4 is 5.32 Å². The van der Waals surface area contributed by atoms with E-state index in [0.717, 1.165) is 5.69 Å². The molecule has 2 aromatic rings. The first kappa shape index (κ1) is 14.2. The second-order valence-corrected chi connectivity index (χ2v) is 5.97. The molecular formula is C18H21FN2. The molecule has 1 N–H and O–H groups in total. The third-order valence-electron chi connectivity index (χ3n) is 4.20. The summed E-state index contributed by atoms with van der Waals surface area (Å²) < 4.78 is 13.5. The number of nitrogens with one attached hydrogen (secondary N) is 1. The lowest BCUT2D eigenvalue weighted by atomic mass is 9.99. The van der Waals surface area contributed by atoms with Gasteiger partial charge in [0.15, 0.2) is 0 Å². The standard InChI is InChI=1S/C18H21FN2/c1-12-11-15(8-9-16(12)19)18(14-6-7-14)21-13(2)17-5-3-4-10-20-17/h3-5,8-11,13-14,18,21H,6-7H2,1-2H3/t13-,18+/m1/s1. The van der Waals surface area contributed by atoms with E-state index in [9.17, 15) is 4.39 Å². The van der Waals surface area contributed by atoms with Crippen LogP contribution in [-0.4, -0.2) is 4.98 Å². The van der Waals surface area contributed by atoms with Gasteiger partial charge < -0.3 is 5.32 Å². The zero-order chi connectivity index (χ0) is 14.8. The molecule has 0 amide bonds. The van der Waals surface area contributed by atoms with Crippen LogP contribution >= 0.6 is 0 Å². The van der Waals surface area contributed by atoms with Gasteiger partial charge in [-0.15, -0.1) is 0 Å². The van der Waals surface area contributed by atoms with E-state index < -0.39 is 0 Å². The lowest BCUT2D eigenvalue weighted by Crippen LogP contribution is -2.27. The molecule has 2 nitrogen and oxygen atoms in total. The summed E-state index contributed by atoms with van der Waals surface area (Å²) in [6.07, 6.45) is 4.30. The molecule has 0 spiro atoms. The van der Waals surface area contributed by atoms with Crippen molar-refractivity contribution in [2.45, 2.75) is 38.8 Å². The van der Waals surface area contributed by atoms with Crippen molar-refractivity contribution in [1.29, 1.82) is 0 Å². The third-order valence-corrected chi connectivity index (χ3v) is 4.20. The van der Waals surface area contributed by atoms with Gasteiger partial charge in [-0.2, -0.15) is 0 Å². The largest absolute Gasteiger partial charge is 0.302 e. The number of halogens is 1. The topological polar surface area (TPSA) is 24.9 Å². The highest BCUT2D eigenvalue weighted by Gasteiger charge is 2.33. The van der Waals surface area contributed by atoms with Gasteiger partial charge in [0.1, 0.15) is 5.82 Å². The number of aromatic nitrogens is 1. The molecule has 0 aliphatic heterocycles. The molecule has 1 heterocycles. The Hall–Kier alpha value is -1.74. The molecule has 0 unspecified atom stereocenters. The Kier molecular flexibility index (Phi) is 4.02. The molecular weight excluding hydrogens is 263 g/mol. The van der Waals surface area contributed by atoms with Crippen molar-refractivity contribution < 1.29 is 4.39 Å². The average molecular weight is 284 g/mol. The SMILES string of the molecule is Cc1cc([C@@H](N[C@H](C)c2ccccn2)C2CC2)ccc1F. The Morgan fingerprint density at radius 1 is 1.24 bits per heavy atom. The Morgan fingerprint density at radius 3 is 2.67 bits per heavy atom. The molecule has 3 rings (SSSR count). The van der Waals surface area contributed by atoms with E-state index in [1.165, 1.54) is 18.4 Å². The molecule has 2 atom stereocenters. The zero-order valence-electron chi connectivity index (χ0n) is 12.5. The second-order valence-electron chi connectivity index (χ2n) is 5.97. The van der Waals surface area contributed by atoms with Crippen LogP contribution in [0.25, 0.3) is 0 Å². The lowest BCUT2D eigenvalue weighted by molar-refractivity contribution is 0.421. The summed E-state index contributed by atoms with van der Waals surface area (Å²) >= 11 is 0.